The molecule has 4 heteroatoms. The number of amides is 1. The zero-order chi connectivity index (χ0) is 8.15. The normalized spacial score (nSPS) is 10.1. The Kier molecular flexibility index (Phi) is 4.64. The van der Waals surface area contributed by atoms with E-state index in [1.807, 2.05) is 13.8 Å². The number of hydrazine groups is 1. The summed E-state index contributed by atoms with van der Waals surface area (Å²) in [6.07, 6.45) is 0. The predicted molar refractivity (Wildman–Crippen MR) is 44.5 cm³/mol. The largest absolute Gasteiger partial charge is 0.280 e. The van der Waals surface area contributed by atoms with Gasteiger partial charge < -0.3 is 0 Å². The maximum Gasteiger partial charge on any atom is 0.247 e. The maximum atomic E-state index is 10.8. The van der Waals surface area contributed by atoms with Gasteiger partial charge in [0.05, 0.1) is 5.33 Å². The van der Waals surface area contributed by atoms with Crippen LogP contribution in [0, 0.1) is 5.92 Å². The Morgan fingerprint density at radius 1 is 1.70 bits per heavy atom. The van der Waals surface area contributed by atoms with E-state index >= 15 is 0 Å². The van der Waals surface area contributed by atoms with Gasteiger partial charge in [-0.15, -0.1) is 0 Å². The molecule has 0 aliphatic heterocycles. The first kappa shape index (κ1) is 9.91. The SMILES string of the molecule is CC(C)CN(N)C(=O)CBr. The van der Waals surface area contributed by atoms with Gasteiger partial charge in [0.2, 0.25) is 5.91 Å². The van der Waals surface area contributed by atoms with E-state index in [9.17, 15) is 4.79 Å². The number of halogens is 1. The molecule has 60 valence electrons. The van der Waals surface area contributed by atoms with Gasteiger partial charge in [-0.1, -0.05) is 29.8 Å². The van der Waals surface area contributed by atoms with E-state index in [1.54, 1.807) is 0 Å². The smallest absolute Gasteiger partial charge is 0.247 e. The van der Waals surface area contributed by atoms with E-state index in [1.165, 1.54) is 5.01 Å². The monoisotopic (exact) mass is 208 g/mol. The lowest BCUT2D eigenvalue weighted by atomic mass is 10.2. The van der Waals surface area contributed by atoms with Gasteiger partial charge in [-0.05, 0) is 5.92 Å². The van der Waals surface area contributed by atoms with Gasteiger partial charge in [0.25, 0.3) is 0 Å². The van der Waals surface area contributed by atoms with Crippen LogP contribution in [0.2, 0.25) is 0 Å². The van der Waals surface area contributed by atoms with Crippen molar-refractivity contribution in [2.45, 2.75) is 13.8 Å². The van der Waals surface area contributed by atoms with Gasteiger partial charge in [0.1, 0.15) is 0 Å². The topological polar surface area (TPSA) is 46.3 Å². The highest BCUT2D eigenvalue weighted by Gasteiger charge is 2.07. The molecule has 0 bridgehead atoms. The van der Waals surface area contributed by atoms with Crippen LogP contribution in [0.1, 0.15) is 13.8 Å². The number of hydrogen-bond donors (Lipinski definition) is 1. The summed E-state index contributed by atoms with van der Waals surface area (Å²) in [6, 6.07) is 0. The Morgan fingerprint density at radius 2 is 2.20 bits per heavy atom. The zero-order valence-corrected chi connectivity index (χ0v) is 7.89. The van der Waals surface area contributed by atoms with Gasteiger partial charge >= 0.3 is 0 Å². The van der Waals surface area contributed by atoms with Gasteiger partial charge in [-0.3, -0.25) is 9.80 Å². The molecule has 0 heterocycles. The molecule has 0 rings (SSSR count). The second-order valence-electron chi connectivity index (χ2n) is 2.57. The van der Waals surface area contributed by atoms with Crippen LogP contribution in [0.25, 0.3) is 0 Å². The molecular weight excluding hydrogens is 196 g/mol. The van der Waals surface area contributed by atoms with E-state index in [0.29, 0.717) is 17.8 Å². The van der Waals surface area contributed by atoms with Crippen molar-refractivity contribution in [2.24, 2.45) is 11.8 Å². The van der Waals surface area contributed by atoms with Crippen LogP contribution in [-0.2, 0) is 4.79 Å². The first-order valence-electron chi connectivity index (χ1n) is 3.19. The number of rotatable bonds is 3. The molecule has 0 aromatic carbocycles. The minimum atomic E-state index is -0.0753. The molecule has 0 saturated heterocycles. The van der Waals surface area contributed by atoms with Crippen molar-refractivity contribution in [3.63, 3.8) is 0 Å². The summed E-state index contributed by atoms with van der Waals surface area (Å²) in [4.78, 5) is 10.8. The minimum Gasteiger partial charge on any atom is -0.280 e. The predicted octanol–water partition coefficient (Wildman–Crippen LogP) is 0.740. The summed E-state index contributed by atoms with van der Waals surface area (Å²) in [7, 11) is 0. The summed E-state index contributed by atoms with van der Waals surface area (Å²) >= 11 is 3.03. The Morgan fingerprint density at radius 3 is 2.50 bits per heavy atom. The fourth-order valence-electron chi connectivity index (χ4n) is 0.572. The van der Waals surface area contributed by atoms with Gasteiger partial charge in [-0.25, -0.2) is 5.84 Å². The lowest BCUT2D eigenvalue weighted by Crippen LogP contribution is -2.40. The van der Waals surface area contributed by atoms with Crippen molar-refractivity contribution in [1.82, 2.24) is 5.01 Å². The molecule has 0 aliphatic rings. The molecule has 3 nitrogen and oxygen atoms in total. The van der Waals surface area contributed by atoms with E-state index < -0.39 is 0 Å². The van der Waals surface area contributed by atoms with E-state index in [4.69, 9.17) is 5.84 Å². The van der Waals surface area contributed by atoms with Gasteiger partial charge in [0, 0.05) is 6.54 Å². The number of carbonyl (C=O) groups is 1. The Bertz CT molecular complexity index is 116. The van der Waals surface area contributed by atoms with Crippen molar-refractivity contribution < 1.29 is 4.79 Å². The van der Waals surface area contributed by atoms with Crippen LogP contribution < -0.4 is 5.84 Å². The van der Waals surface area contributed by atoms with Crippen molar-refractivity contribution >= 4 is 21.8 Å². The molecule has 0 aliphatic carbocycles. The minimum absolute atomic E-state index is 0.0753. The van der Waals surface area contributed by atoms with Crippen LogP contribution in [0.15, 0.2) is 0 Å². The summed E-state index contributed by atoms with van der Waals surface area (Å²) in [5, 5.41) is 1.54. The molecule has 1 amide bonds. The van der Waals surface area contributed by atoms with E-state index in [2.05, 4.69) is 15.9 Å². The summed E-state index contributed by atoms with van der Waals surface area (Å²) < 4.78 is 0. The third kappa shape index (κ3) is 3.85. The van der Waals surface area contributed by atoms with E-state index in [-0.39, 0.29) is 5.91 Å². The highest BCUT2D eigenvalue weighted by molar-refractivity contribution is 9.09. The molecule has 0 spiro atoms. The number of hydrogen-bond acceptors (Lipinski definition) is 2. The van der Waals surface area contributed by atoms with E-state index in [0.717, 1.165) is 0 Å². The lowest BCUT2D eigenvalue weighted by molar-refractivity contribution is -0.129. The third-order valence-electron chi connectivity index (χ3n) is 0.997. The standard InChI is InChI=1S/C6H13BrN2O/c1-5(2)4-9(8)6(10)3-7/h5H,3-4,8H2,1-2H3. The van der Waals surface area contributed by atoms with Crippen LogP contribution in [-0.4, -0.2) is 22.8 Å². The molecule has 0 radical (unpaired) electrons. The first-order valence-corrected chi connectivity index (χ1v) is 4.31. The van der Waals surface area contributed by atoms with Gasteiger partial charge in [0.15, 0.2) is 0 Å². The van der Waals surface area contributed by atoms with Crippen LogP contribution >= 0.6 is 15.9 Å². The van der Waals surface area contributed by atoms with Crippen LogP contribution in [0.5, 0.6) is 0 Å². The van der Waals surface area contributed by atoms with Crippen molar-refractivity contribution in [3.8, 4) is 0 Å². The fourth-order valence-corrected chi connectivity index (χ4v) is 0.894. The fraction of sp³-hybridized carbons (Fsp3) is 0.833. The molecule has 0 unspecified atom stereocenters. The van der Waals surface area contributed by atoms with Crippen LogP contribution in [0.4, 0.5) is 0 Å². The summed E-state index contributed by atoms with van der Waals surface area (Å²) in [5.41, 5.74) is 0. The van der Waals surface area contributed by atoms with Gasteiger partial charge in [-0.2, -0.15) is 0 Å². The number of nitrogens with zero attached hydrogens (tertiary/aromatic N) is 1. The maximum absolute atomic E-state index is 10.8. The Balaban J connectivity index is 3.61. The molecule has 0 aromatic rings. The average molecular weight is 209 g/mol. The highest BCUT2D eigenvalue weighted by atomic mass is 79.9. The number of alkyl halides is 1. The summed E-state index contributed by atoms with van der Waals surface area (Å²) in [6.45, 7) is 4.65. The van der Waals surface area contributed by atoms with Crippen LogP contribution in [0.3, 0.4) is 0 Å². The Labute approximate surface area is 69.7 Å². The average Bonchev–Trinajstić information content (AvgIpc) is 1.85. The Hall–Kier alpha value is -0.0900. The molecule has 0 saturated carbocycles. The number of nitrogens with two attached hydrogens (primary N) is 1. The second kappa shape index (κ2) is 4.68. The molecule has 10 heavy (non-hydrogen) atoms. The molecule has 0 aromatic heterocycles. The molecule has 0 fully saturated rings. The highest BCUT2D eigenvalue weighted by Crippen LogP contribution is 1.95. The zero-order valence-electron chi connectivity index (χ0n) is 6.30. The van der Waals surface area contributed by atoms with Crippen molar-refractivity contribution in [2.75, 3.05) is 11.9 Å². The molecule has 0 atom stereocenters. The number of carbonyl (C=O) groups excluding carboxylic acids is 1. The molecular formula is C6H13BrN2O. The quantitative estimate of drug-likeness (QED) is 0.322. The second-order valence-corrected chi connectivity index (χ2v) is 3.13. The van der Waals surface area contributed by atoms with Crippen molar-refractivity contribution in [3.05, 3.63) is 0 Å². The van der Waals surface area contributed by atoms with Crippen molar-refractivity contribution in [1.29, 1.82) is 0 Å². The third-order valence-corrected chi connectivity index (χ3v) is 1.48. The molecule has 2 N–H and O–H groups in total. The first-order chi connectivity index (χ1) is 4.57. The summed E-state index contributed by atoms with van der Waals surface area (Å²) in [5.74, 6) is 5.73. The lowest BCUT2D eigenvalue weighted by Gasteiger charge is -2.16.